The molecule has 0 aliphatic carbocycles. The Morgan fingerprint density at radius 3 is 1.47 bits per heavy atom. The molecule has 0 aromatic rings. The number of hydrogen-bond donors (Lipinski definition) is 1. The van der Waals surface area contributed by atoms with Gasteiger partial charge in [0.2, 0.25) is 0 Å². The van der Waals surface area contributed by atoms with Crippen LogP contribution in [0, 0.1) is 0 Å². The quantitative estimate of drug-likeness (QED) is 0.600. The Hall–Kier alpha value is -0.670. The van der Waals surface area contributed by atoms with E-state index in [-0.39, 0.29) is 6.42 Å². The van der Waals surface area contributed by atoms with E-state index in [2.05, 4.69) is 0 Å². The monoisotopic (exact) mass is 277 g/mol. The summed E-state index contributed by atoms with van der Waals surface area (Å²) in [7, 11) is 0. The van der Waals surface area contributed by atoms with Gasteiger partial charge in [-0.3, -0.25) is 5.32 Å². The second-order valence-corrected chi connectivity index (χ2v) is 3.15. The van der Waals surface area contributed by atoms with Gasteiger partial charge >= 0.3 is 24.1 Å². The first kappa shape index (κ1) is 16.3. The molecule has 0 saturated heterocycles. The molecule has 0 spiro atoms. The molecule has 0 heterocycles. The molecule has 0 aliphatic rings. The summed E-state index contributed by atoms with van der Waals surface area (Å²) in [5, 5.41) is 0.664. The Morgan fingerprint density at radius 2 is 1.18 bits per heavy atom. The van der Waals surface area contributed by atoms with Crippen molar-refractivity contribution in [3.05, 3.63) is 0 Å². The summed E-state index contributed by atoms with van der Waals surface area (Å²) in [4.78, 5) is 0. The van der Waals surface area contributed by atoms with E-state index in [4.69, 9.17) is 0 Å². The highest BCUT2D eigenvalue weighted by molar-refractivity contribution is 4.99. The average molecular weight is 277 g/mol. The molecule has 0 aliphatic heterocycles. The molecule has 17 heavy (non-hydrogen) atoms. The van der Waals surface area contributed by atoms with Crippen LogP contribution in [0.1, 0.15) is 13.3 Å². The Morgan fingerprint density at radius 1 is 0.765 bits per heavy atom. The van der Waals surface area contributed by atoms with Gasteiger partial charge in [0, 0.05) is 6.54 Å². The van der Waals surface area contributed by atoms with E-state index in [1.54, 1.807) is 0 Å². The Bertz CT molecular complexity index is 257. The lowest BCUT2D eigenvalue weighted by Gasteiger charge is -2.33. The van der Waals surface area contributed by atoms with Crippen LogP contribution in [0.3, 0.4) is 0 Å². The van der Waals surface area contributed by atoms with Crippen molar-refractivity contribution in [3.8, 4) is 0 Å². The standard InChI is InChI=1S/C7H8F9N/c1-2-3-17-7(15,16)5(10,11)4(8,9)6(12,13)14/h17H,2-3H2,1H3. The summed E-state index contributed by atoms with van der Waals surface area (Å²) in [6.45, 7) is 0.402. The van der Waals surface area contributed by atoms with Crippen molar-refractivity contribution < 1.29 is 39.5 Å². The van der Waals surface area contributed by atoms with Gasteiger partial charge in [0.15, 0.2) is 0 Å². The van der Waals surface area contributed by atoms with Crippen LogP contribution in [0.5, 0.6) is 0 Å². The second kappa shape index (κ2) is 4.54. The zero-order chi connectivity index (χ0) is 14.1. The van der Waals surface area contributed by atoms with Crippen molar-refractivity contribution in [2.24, 2.45) is 0 Å². The minimum atomic E-state index is -6.83. The lowest BCUT2D eigenvalue weighted by Crippen LogP contribution is -2.65. The fourth-order valence-corrected chi connectivity index (χ4v) is 0.768. The van der Waals surface area contributed by atoms with Gasteiger partial charge < -0.3 is 0 Å². The van der Waals surface area contributed by atoms with E-state index < -0.39 is 30.6 Å². The van der Waals surface area contributed by atoms with E-state index in [0.717, 1.165) is 0 Å². The third kappa shape index (κ3) is 2.78. The summed E-state index contributed by atoms with van der Waals surface area (Å²) in [6.07, 6.45) is -6.92. The Balaban J connectivity index is 5.24. The van der Waals surface area contributed by atoms with Crippen molar-refractivity contribution >= 4 is 0 Å². The molecule has 104 valence electrons. The van der Waals surface area contributed by atoms with Crippen LogP contribution >= 0.6 is 0 Å². The maximum absolute atomic E-state index is 12.6. The van der Waals surface area contributed by atoms with Crippen LogP contribution in [-0.2, 0) is 0 Å². The zero-order valence-corrected chi connectivity index (χ0v) is 8.32. The highest BCUT2D eigenvalue weighted by Gasteiger charge is 2.81. The minimum Gasteiger partial charge on any atom is -0.253 e. The molecule has 0 fully saturated rings. The van der Waals surface area contributed by atoms with E-state index in [9.17, 15) is 39.5 Å². The molecule has 0 bridgehead atoms. The Kier molecular flexibility index (Phi) is 4.36. The van der Waals surface area contributed by atoms with Gasteiger partial charge in [0.25, 0.3) is 0 Å². The Labute approximate surface area is 90.0 Å². The van der Waals surface area contributed by atoms with Crippen molar-refractivity contribution in [1.82, 2.24) is 5.32 Å². The fraction of sp³-hybridized carbons (Fsp3) is 1.00. The van der Waals surface area contributed by atoms with E-state index in [1.807, 2.05) is 0 Å². The maximum atomic E-state index is 12.6. The van der Waals surface area contributed by atoms with Crippen LogP contribution < -0.4 is 5.32 Å². The molecule has 0 amide bonds. The van der Waals surface area contributed by atoms with Crippen molar-refractivity contribution in [3.63, 3.8) is 0 Å². The molecule has 1 nitrogen and oxygen atoms in total. The predicted molar refractivity (Wildman–Crippen MR) is 39.2 cm³/mol. The number of nitrogens with one attached hydrogen (secondary N) is 1. The summed E-state index contributed by atoms with van der Waals surface area (Å²) < 4.78 is 109. The van der Waals surface area contributed by atoms with Gasteiger partial charge in [-0.1, -0.05) is 6.92 Å². The molecule has 1 N–H and O–H groups in total. The zero-order valence-electron chi connectivity index (χ0n) is 8.32. The lowest BCUT2D eigenvalue weighted by molar-refractivity contribution is -0.400. The minimum absolute atomic E-state index is 0.150. The molecule has 0 radical (unpaired) electrons. The highest BCUT2D eigenvalue weighted by Crippen LogP contribution is 2.52. The van der Waals surface area contributed by atoms with Crippen molar-refractivity contribution in [2.75, 3.05) is 6.54 Å². The van der Waals surface area contributed by atoms with Gasteiger partial charge in [-0.25, -0.2) is 0 Å². The summed E-state index contributed by atoms with van der Waals surface area (Å²) in [5.41, 5.74) is 0. The fourth-order valence-electron chi connectivity index (χ4n) is 0.768. The lowest BCUT2D eigenvalue weighted by atomic mass is 10.1. The van der Waals surface area contributed by atoms with Gasteiger partial charge in [-0.05, 0) is 6.42 Å². The first-order valence-electron chi connectivity index (χ1n) is 4.26. The third-order valence-corrected chi connectivity index (χ3v) is 1.74. The van der Waals surface area contributed by atoms with Gasteiger partial charge in [0.05, 0.1) is 0 Å². The molecule has 0 rings (SSSR count). The summed E-state index contributed by atoms with van der Waals surface area (Å²) >= 11 is 0. The molecule has 0 unspecified atom stereocenters. The van der Waals surface area contributed by atoms with Gasteiger partial charge in [-0.15, -0.1) is 0 Å². The summed E-state index contributed by atoms with van der Waals surface area (Å²) in [5.74, 6) is -13.4. The van der Waals surface area contributed by atoms with E-state index in [1.165, 1.54) is 6.92 Å². The van der Waals surface area contributed by atoms with Crippen LogP contribution in [-0.4, -0.2) is 30.6 Å². The predicted octanol–water partition coefficient (Wildman–Crippen LogP) is 3.41. The number of halogens is 9. The molecule has 0 saturated carbocycles. The smallest absolute Gasteiger partial charge is 0.253 e. The van der Waals surface area contributed by atoms with Crippen molar-refractivity contribution in [2.45, 2.75) is 37.4 Å². The van der Waals surface area contributed by atoms with Crippen LogP contribution in [0.2, 0.25) is 0 Å². The molecule has 0 atom stereocenters. The van der Waals surface area contributed by atoms with Gasteiger partial charge in [0.1, 0.15) is 0 Å². The number of rotatable bonds is 5. The van der Waals surface area contributed by atoms with Crippen molar-refractivity contribution in [1.29, 1.82) is 0 Å². The topological polar surface area (TPSA) is 12.0 Å². The first-order valence-corrected chi connectivity index (χ1v) is 4.26. The third-order valence-electron chi connectivity index (χ3n) is 1.74. The average Bonchev–Trinajstić information content (AvgIpc) is 2.12. The van der Waals surface area contributed by atoms with Crippen LogP contribution in [0.15, 0.2) is 0 Å². The first-order chi connectivity index (χ1) is 7.31. The SMILES string of the molecule is CCCNC(F)(F)C(F)(F)C(F)(F)C(F)(F)F. The largest absolute Gasteiger partial charge is 0.460 e. The van der Waals surface area contributed by atoms with E-state index >= 15 is 0 Å². The highest BCUT2D eigenvalue weighted by atomic mass is 19.4. The molecule has 10 heteroatoms. The summed E-state index contributed by atoms with van der Waals surface area (Å²) in [6, 6.07) is -5.66. The van der Waals surface area contributed by atoms with E-state index in [0.29, 0.717) is 5.32 Å². The maximum Gasteiger partial charge on any atom is 0.460 e. The van der Waals surface area contributed by atoms with Crippen LogP contribution in [0.4, 0.5) is 39.5 Å². The normalized spacial score (nSPS) is 15.2. The second-order valence-electron chi connectivity index (χ2n) is 3.15. The molecular formula is C7H8F9N. The molecule has 0 aromatic carbocycles. The van der Waals surface area contributed by atoms with Crippen LogP contribution in [0.25, 0.3) is 0 Å². The molecule has 0 aromatic heterocycles. The number of alkyl halides is 9. The molecular weight excluding hydrogens is 269 g/mol. The van der Waals surface area contributed by atoms with Gasteiger partial charge in [-0.2, -0.15) is 39.5 Å². The number of hydrogen-bond acceptors (Lipinski definition) is 1.